The number of piperazine rings is 1. The van der Waals surface area contributed by atoms with Crippen molar-refractivity contribution in [2.45, 2.75) is 31.1 Å². The van der Waals surface area contributed by atoms with Gasteiger partial charge < -0.3 is 0 Å². The number of hydrogen-bond donors (Lipinski definition) is 0. The quantitative estimate of drug-likeness (QED) is 0.797. The molecule has 6 nitrogen and oxygen atoms in total. The first-order valence-electron chi connectivity index (χ1n) is 7.71. The van der Waals surface area contributed by atoms with Crippen molar-refractivity contribution in [3.05, 3.63) is 29.8 Å². The zero-order chi connectivity index (χ0) is 17.3. The Bertz CT molecular complexity index is 734. The third-order valence-corrected chi connectivity index (χ3v) is 7.58. The molecule has 1 aromatic rings. The molecule has 1 fully saturated rings. The summed E-state index contributed by atoms with van der Waals surface area (Å²) in [5.74, 6) is 0.394. The van der Waals surface area contributed by atoms with E-state index in [2.05, 4.69) is 13.8 Å². The first kappa shape index (κ1) is 18.4. The molecule has 0 radical (unpaired) electrons. The summed E-state index contributed by atoms with van der Waals surface area (Å²) in [7, 11) is -6.83. The van der Waals surface area contributed by atoms with Gasteiger partial charge in [0.15, 0.2) is 0 Å². The van der Waals surface area contributed by atoms with Crippen molar-refractivity contribution >= 4 is 20.0 Å². The fraction of sp³-hybridized carbons (Fsp3) is 0.600. The van der Waals surface area contributed by atoms with Crippen molar-refractivity contribution in [2.24, 2.45) is 0 Å². The van der Waals surface area contributed by atoms with Gasteiger partial charge in [0.2, 0.25) is 20.0 Å². The van der Waals surface area contributed by atoms with Crippen LogP contribution in [-0.2, 0) is 20.0 Å². The first-order chi connectivity index (χ1) is 10.7. The van der Waals surface area contributed by atoms with E-state index in [4.69, 9.17) is 0 Å². The number of hydrogen-bond acceptors (Lipinski definition) is 4. The van der Waals surface area contributed by atoms with Crippen LogP contribution in [0.2, 0.25) is 0 Å². The highest BCUT2D eigenvalue weighted by atomic mass is 32.2. The fourth-order valence-electron chi connectivity index (χ4n) is 2.59. The topological polar surface area (TPSA) is 74.8 Å². The van der Waals surface area contributed by atoms with Crippen LogP contribution in [0.25, 0.3) is 0 Å². The second-order valence-electron chi connectivity index (χ2n) is 5.94. The van der Waals surface area contributed by atoms with Crippen LogP contribution in [0.1, 0.15) is 31.7 Å². The molecule has 1 aliphatic heterocycles. The highest BCUT2D eigenvalue weighted by Crippen LogP contribution is 2.23. The molecule has 0 amide bonds. The Balaban J connectivity index is 2.14. The van der Waals surface area contributed by atoms with Crippen molar-refractivity contribution in [3.8, 4) is 0 Å². The Morgan fingerprint density at radius 1 is 0.957 bits per heavy atom. The van der Waals surface area contributed by atoms with Gasteiger partial charge in [-0.3, -0.25) is 0 Å². The largest absolute Gasteiger partial charge is 0.243 e. The molecule has 0 bridgehead atoms. The Morgan fingerprint density at radius 2 is 1.43 bits per heavy atom. The lowest BCUT2D eigenvalue weighted by molar-refractivity contribution is 0.274. The van der Waals surface area contributed by atoms with Gasteiger partial charge in [-0.15, -0.1) is 0 Å². The molecule has 0 spiro atoms. The van der Waals surface area contributed by atoms with Crippen molar-refractivity contribution in [1.29, 1.82) is 0 Å². The molecule has 23 heavy (non-hydrogen) atoms. The summed E-state index contributed by atoms with van der Waals surface area (Å²) in [5, 5.41) is 0. The van der Waals surface area contributed by atoms with Crippen LogP contribution in [0.4, 0.5) is 0 Å². The normalized spacial score (nSPS) is 19.6. The molecule has 0 aromatic heterocycles. The minimum Gasteiger partial charge on any atom is -0.213 e. The van der Waals surface area contributed by atoms with Crippen LogP contribution in [0, 0.1) is 0 Å². The predicted octanol–water partition coefficient (Wildman–Crippen LogP) is 1.47. The van der Waals surface area contributed by atoms with E-state index in [0.29, 0.717) is 5.92 Å². The molecule has 2 rings (SSSR count). The van der Waals surface area contributed by atoms with E-state index in [1.54, 1.807) is 12.1 Å². The molecular weight excluding hydrogens is 336 g/mol. The van der Waals surface area contributed by atoms with Crippen LogP contribution in [-0.4, -0.2) is 57.9 Å². The predicted molar refractivity (Wildman–Crippen MR) is 90.3 cm³/mol. The van der Waals surface area contributed by atoms with E-state index in [0.717, 1.165) is 18.2 Å². The summed E-state index contributed by atoms with van der Waals surface area (Å²) >= 11 is 0. The summed E-state index contributed by atoms with van der Waals surface area (Å²) < 4.78 is 51.0. The van der Waals surface area contributed by atoms with Gasteiger partial charge in [0.25, 0.3) is 0 Å². The summed E-state index contributed by atoms with van der Waals surface area (Å²) in [5.41, 5.74) is 1.12. The maximum absolute atomic E-state index is 12.7. The molecule has 0 unspecified atom stereocenters. The zero-order valence-electron chi connectivity index (χ0n) is 13.8. The van der Waals surface area contributed by atoms with Crippen LogP contribution in [0.5, 0.6) is 0 Å². The van der Waals surface area contributed by atoms with Gasteiger partial charge in [0.1, 0.15) is 0 Å². The second-order valence-corrected chi connectivity index (χ2v) is 9.86. The average Bonchev–Trinajstić information content (AvgIpc) is 2.53. The molecular formula is C15H24N2O4S2. The summed E-state index contributed by atoms with van der Waals surface area (Å²) in [6.45, 7) is 4.96. The second kappa shape index (κ2) is 6.88. The Labute approximate surface area is 139 Å². The summed E-state index contributed by atoms with van der Waals surface area (Å²) in [6.07, 6.45) is 2.14. The molecule has 1 saturated heterocycles. The molecule has 0 saturated carbocycles. The van der Waals surface area contributed by atoms with Gasteiger partial charge in [-0.25, -0.2) is 16.8 Å². The van der Waals surface area contributed by atoms with Gasteiger partial charge in [0.05, 0.1) is 11.2 Å². The average molecular weight is 361 g/mol. The lowest BCUT2D eigenvalue weighted by atomic mass is 9.99. The standard InChI is InChI=1S/C15H24N2O4S2/c1-4-13(2)14-5-7-15(8-6-14)23(20,21)17-11-9-16(10-12-17)22(3,18)19/h5-8,13H,4,9-12H2,1-3H3/t13-/m0/s1. The smallest absolute Gasteiger partial charge is 0.213 e. The Hall–Kier alpha value is -0.960. The maximum Gasteiger partial charge on any atom is 0.243 e. The van der Waals surface area contributed by atoms with Crippen molar-refractivity contribution in [3.63, 3.8) is 0 Å². The molecule has 1 heterocycles. The van der Waals surface area contributed by atoms with Gasteiger partial charge in [-0.1, -0.05) is 26.0 Å². The highest BCUT2D eigenvalue weighted by molar-refractivity contribution is 7.89. The van der Waals surface area contributed by atoms with E-state index in [9.17, 15) is 16.8 Å². The number of sulfonamides is 2. The third kappa shape index (κ3) is 4.12. The molecule has 1 aromatic carbocycles. The van der Waals surface area contributed by atoms with Gasteiger partial charge in [-0.2, -0.15) is 8.61 Å². The Kier molecular flexibility index (Phi) is 5.50. The van der Waals surface area contributed by atoms with Gasteiger partial charge >= 0.3 is 0 Å². The number of benzene rings is 1. The molecule has 1 atom stereocenters. The summed E-state index contributed by atoms with van der Waals surface area (Å²) in [4.78, 5) is 0.261. The Morgan fingerprint density at radius 3 is 1.87 bits per heavy atom. The first-order valence-corrected chi connectivity index (χ1v) is 11.0. The zero-order valence-corrected chi connectivity index (χ0v) is 15.4. The van der Waals surface area contributed by atoms with Crippen LogP contribution < -0.4 is 0 Å². The summed E-state index contributed by atoms with van der Waals surface area (Å²) in [6, 6.07) is 6.99. The highest BCUT2D eigenvalue weighted by Gasteiger charge is 2.31. The molecule has 130 valence electrons. The number of rotatable bonds is 5. The molecule has 0 N–H and O–H groups in total. The van der Waals surface area contributed by atoms with Crippen LogP contribution >= 0.6 is 0 Å². The minimum absolute atomic E-state index is 0.183. The minimum atomic E-state index is -3.57. The van der Waals surface area contributed by atoms with E-state index in [1.807, 2.05) is 12.1 Å². The lowest BCUT2D eigenvalue weighted by Crippen LogP contribution is -2.50. The van der Waals surface area contributed by atoms with Crippen molar-refractivity contribution in [2.75, 3.05) is 32.4 Å². The van der Waals surface area contributed by atoms with E-state index in [1.165, 1.54) is 8.61 Å². The van der Waals surface area contributed by atoms with Crippen molar-refractivity contribution in [1.82, 2.24) is 8.61 Å². The fourth-order valence-corrected chi connectivity index (χ4v) is 4.84. The van der Waals surface area contributed by atoms with E-state index >= 15 is 0 Å². The van der Waals surface area contributed by atoms with E-state index in [-0.39, 0.29) is 31.1 Å². The SMILES string of the molecule is CC[C@H](C)c1ccc(S(=O)(=O)N2CCN(S(C)(=O)=O)CC2)cc1. The van der Waals surface area contributed by atoms with E-state index < -0.39 is 20.0 Å². The van der Waals surface area contributed by atoms with Gasteiger partial charge in [-0.05, 0) is 30.0 Å². The van der Waals surface area contributed by atoms with Crippen molar-refractivity contribution < 1.29 is 16.8 Å². The maximum atomic E-state index is 12.7. The lowest BCUT2D eigenvalue weighted by Gasteiger charge is -2.32. The van der Waals surface area contributed by atoms with Crippen LogP contribution in [0.15, 0.2) is 29.2 Å². The third-order valence-electron chi connectivity index (χ3n) is 4.37. The monoisotopic (exact) mass is 360 g/mol. The number of nitrogens with zero attached hydrogens (tertiary/aromatic N) is 2. The molecule has 8 heteroatoms. The molecule has 1 aliphatic rings. The van der Waals surface area contributed by atoms with Crippen LogP contribution in [0.3, 0.4) is 0 Å². The van der Waals surface area contributed by atoms with Gasteiger partial charge in [0, 0.05) is 26.2 Å². The molecule has 0 aliphatic carbocycles.